The molecule has 1 aromatic carbocycles. The van der Waals surface area contributed by atoms with Crippen LogP contribution in [0.3, 0.4) is 0 Å². The molecule has 0 radical (unpaired) electrons. The van der Waals surface area contributed by atoms with E-state index in [4.69, 9.17) is 9.15 Å². The number of fused-ring (bicyclic) bond motifs is 5. The molecule has 0 atom stereocenters. The zero-order valence-corrected chi connectivity index (χ0v) is 15.3. The number of aromatic nitrogens is 2. The Balaban J connectivity index is 1.42. The minimum absolute atomic E-state index is 0.164. The molecule has 0 N–H and O–H groups in total. The fraction of sp³-hybridized carbons (Fsp3) is 0.429. The number of ether oxygens (including phenoxy) is 1. The first-order valence-corrected chi connectivity index (χ1v) is 9.71. The second-order valence-electron chi connectivity index (χ2n) is 7.45. The molecule has 0 fully saturated rings. The Kier molecular flexibility index (Phi) is 4.20. The zero-order valence-electron chi connectivity index (χ0n) is 15.3. The van der Waals surface area contributed by atoms with Crippen LogP contribution in [0, 0.1) is 0 Å². The van der Waals surface area contributed by atoms with Crippen molar-refractivity contribution in [2.24, 2.45) is 0 Å². The lowest BCUT2D eigenvalue weighted by molar-refractivity contribution is 0.0933. The normalized spacial score (nSPS) is 16.7. The molecule has 6 nitrogen and oxygen atoms in total. The van der Waals surface area contributed by atoms with Crippen LogP contribution in [0.4, 0.5) is 0 Å². The Morgan fingerprint density at radius 3 is 2.81 bits per heavy atom. The molecule has 6 heteroatoms. The number of benzene rings is 1. The lowest BCUT2D eigenvalue weighted by atomic mass is 9.90. The molecule has 2 aliphatic rings. The minimum atomic E-state index is -0.164. The predicted molar refractivity (Wildman–Crippen MR) is 102 cm³/mol. The second-order valence-corrected chi connectivity index (χ2v) is 7.45. The van der Waals surface area contributed by atoms with Crippen molar-refractivity contribution in [3.05, 3.63) is 58.0 Å². The van der Waals surface area contributed by atoms with Gasteiger partial charge in [0, 0.05) is 43.0 Å². The topological polar surface area (TPSA) is 60.5 Å². The van der Waals surface area contributed by atoms with Gasteiger partial charge in [-0.2, -0.15) is 0 Å². The number of imidazole rings is 1. The lowest BCUT2D eigenvalue weighted by Crippen LogP contribution is -2.33. The molecule has 0 spiro atoms. The van der Waals surface area contributed by atoms with Crippen molar-refractivity contribution in [1.82, 2.24) is 14.5 Å². The average molecular weight is 365 g/mol. The van der Waals surface area contributed by atoms with Crippen LogP contribution in [0.2, 0.25) is 0 Å². The highest BCUT2D eigenvalue weighted by molar-refractivity contribution is 5.86. The number of aryl methyl sites for hydroxylation is 2. The lowest BCUT2D eigenvalue weighted by Gasteiger charge is -2.29. The van der Waals surface area contributed by atoms with Gasteiger partial charge in [-0.3, -0.25) is 4.90 Å². The van der Waals surface area contributed by atoms with Gasteiger partial charge >= 0.3 is 5.63 Å². The van der Waals surface area contributed by atoms with Crippen LogP contribution in [0.1, 0.15) is 36.0 Å². The van der Waals surface area contributed by atoms with E-state index >= 15 is 0 Å². The van der Waals surface area contributed by atoms with Crippen molar-refractivity contribution in [1.29, 1.82) is 0 Å². The summed E-state index contributed by atoms with van der Waals surface area (Å²) in [5, 5.41) is 1.09. The fourth-order valence-corrected chi connectivity index (χ4v) is 4.30. The van der Waals surface area contributed by atoms with Crippen LogP contribution >= 0.6 is 0 Å². The van der Waals surface area contributed by atoms with Crippen molar-refractivity contribution >= 4 is 11.0 Å². The second kappa shape index (κ2) is 6.85. The maximum atomic E-state index is 12.5. The number of rotatable bonds is 4. The van der Waals surface area contributed by atoms with Crippen LogP contribution in [-0.2, 0) is 25.9 Å². The molecule has 1 aliphatic heterocycles. The van der Waals surface area contributed by atoms with Gasteiger partial charge < -0.3 is 13.7 Å². The highest BCUT2D eigenvalue weighted by atomic mass is 16.5. The van der Waals surface area contributed by atoms with Crippen LogP contribution in [0.5, 0.6) is 5.75 Å². The first-order valence-electron chi connectivity index (χ1n) is 9.71. The maximum absolute atomic E-state index is 12.5. The van der Waals surface area contributed by atoms with Crippen LogP contribution < -0.4 is 10.4 Å². The van der Waals surface area contributed by atoms with E-state index in [0.29, 0.717) is 6.73 Å². The molecule has 1 aliphatic carbocycles. The smallest absolute Gasteiger partial charge is 0.339 e. The first kappa shape index (κ1) is 16.6. The number of hydrogen-bond donors (Lipinski definition) is 0. The van der Waals surface area contributed by atoms with Gasteiger partial charge in [-0.05, 0) is 49.8 Å². The minimum Gasteiger partial charge on any atom is -0.478 e. The molecule has 0 bridgehead atoms. The Morgan fingerprint density at radius 2 is 1.96 bits per heavy atom. The summed E-state index contributed by atoms with van der Waals surface area (Å²) in [5.41, 5.74) is 3.63. The first-order chi connectivity index (χ1) is 13.3. The third-order valence-corrected chi connectivity index (χ3v) is 5.69. The van der Waals surface area contributed by atoms with Crippen molar-refractivity contribution in [2.75, 3.05) is 13.3 Å². The van der Waals surface area contributed by atoms with E-state index in [1.165, 1.54) is 5.56 Å². The van der Waals surface area contributed by atoms with E-state index in [0.717, 1.165) is 79.6 Å². The maximum Gasteiger partial charge on any atom is 0.339 e. The fourth-order valence-electron chi connectivity index (χ4n) is 4.30. The summed E-state index contributed by atoms with van der Waals surface area (Å²) < 4.78 is 13.8. The molecule has 3 heterocycles. The molecule has 5 rings (SSSR count). The van der Waals surface area contributed by atoms with E-state index in [-0.39, 0.29) is 5.63 Å². The van der Waals surface area contributed by atoms with E-state index in [2.05, 4.69) is 20.5 Å². The quantitative estimate of drug-likeness (QED) is 0.665. The third-order valence-electron chi connectivity index (χ3n) is 5.69. The highest BCUT2D eigenvalue weighted by Gasteiger charge is 2.25. The molecule has 2 aromatic heterocycles. The monoisotopic (exact) mass is 365 g/mol. The largest absolute Gasteiger partial charge is 0.478 e. The van der Waals surface area contributed by atoms with Gasteiger partial charge in [0.15, 0.2) is 0 Å². The number of hydrogen-bond acceptors (Lipinski definition) is 5. The highest BCUT2D eigenvalue weighted by Crippen LogP contribution is 2.35. The summed E-state index contributed by atoms with van der Waals surface area (Å²) >= 11 is 0. The molecule has 3 aromatic rings. The number of nitrogens with zero attached hydrogens (tertiary/aromatic N) is 3. The molecule has 0 saturated heterocycles. The van der Waals surface area contributed by atoms with Crippen LogP contribution in [0.15, 0.2) is 40.1 Å². The summed E-state index contributed by atoms with van der Waals surface area (Å²) in [7, 11) is 0. The Bertz CT molecular complexity index is 1020. The van der Waals surface area contributed by atoms with Crippen molar-refractivity contribution in [3.8, 4) is 5.75 Å². The molecular formula is C21H23N3O3. The van der Waals surface area contributed by atoms with Gasteiger partial charge in [0.05, 0.1) is 11.9 Å². The summed E-state index contributed by atoms with van der Waals surface area (Å²) in [6, 6.07) is 4.10. The average Bonchev–Trinajstić information content (AvgIpc) is 3.22. The summed E-state index contributed by atoms with van der Waals surface area (Å²) in [5.74, 6) is 0.840. The Hall–Kier alpha value is -2.60. The summed E-state index contributed by atoms with van der Waals surface area (Å²) in [6.07, 6.45) is 10.6. The van der Waals surface area contributed by atoms with Gasteiger partial charge in [-0.15, -0.1) is 0 Å². The van der Waals surface area contributed by atoms with Crippen LogP contribution in [-0.4, -0.2) is 27.7 Å². The van der Waals surface area contributed by atoms with E-state index < -0.39 is 0 Å². The SMILES string of the molecule is O=c1oc2c3c(ccc2c2c1CCCC2)OCN(CCCn1ccnc1)C3. The molecular weight excluding hydrogens is 342 g/mol. The van der Waals surface area contributed by atoms with Gasteiger partial charge in [0.25, 0.3) is 0 Å². The van der Waals surface area contributed by atoms with Crippen molar-refractivity contribution in [2.45, 2.75) is 45.2 Å². The van der Waals surface area contributed by atoms with Gasteiger partial charge in [0.1, 0.15) is 18.1 Å². The third kappa shape index (κ3) is 3.04. The van der Waals surface area contributed by atoms with Gasteiger partial charge in [0.2, 0.25) is 0 Å². The Labute approximate surface area is 157 Å². The van der Waals surface area contributed by atoms with Crippen molar-refractivity contribution in [3.63, 3.8) is 0 Å². The zero-order chi connectivity index (χ0) is 18.2. The standard InChI is InChI=1S/C21H23N3O3/c25-21-17-5-2-1-4-15(17)16-6-7-19-18(20(16)27-21)12-24(14-26-19)10-3-9-23-11-8-22-13-23/h6-8,11,13H,1-5,9-10,12,14H2. The van der Waals surface area contributed by atoms with Gasteiger partial charge in [-0.25, -0.2) is 9.78 Å². The Morgan fingerprint density at radius 1 is 1.07 bits per heavy atom. The molecule has 140 valence electrons. The summed E-state index contributed by atoms with van der Waals surface area (Å²) in [6.45, 7) is 3.17. The van der Waals surface area contributed by atoms with Crippen molar-refractivity contribution < 1.29 is 9.15 Å². The molecule has 27 heavy (non-hydrogen) atoms. The molecule has 0 saturated carbocycles. The van der Waals surface area contributed by atoms with Crippen LogP contribution in [0.25, 0.3) is 11.0 Å². The molecule has 0 amide bonds. The van der Waals surface area contributed by atoms with Gasteiger partial charge in [-0.1, -0.05) is 0 Å². The molecule has 0 unspecified atom stereocenters. The predicted octanol–water partition coefficient (Wildman–Crippen LogP) is 3.11. The van der Waals surface area contributed by atoms with E-state index in [1.807, 2.05) is 18.6 Å². The van der Waals surface area contributed by atoms with E-state index in [1.54, 1.807) is 6.20 Å². The summed E-state index contributed by atoms with van der Waals surface area (Å²) in [4.78, 5) is 18.9. The van der Waals surface area contributed by atoms with E-state index in [9.17, 15) is 4.79 Å².